The number of alkyl halides is 3. The van der Waals surface area contributed by atoms with Gasteiger partial charge in [0.2, 0.25) is 5.91 Å². The summed E-state index contributed by atoms with van der Waals surface area (Å²) in [6.07, 6.45) is 0.774. The van der Waals surface area contributed by atoms with E-state index in [0.29, 0.717) is 54.5 Å². The van der Waals surface area contributed by atoms with Gasteiger partial charge in [-0.3, -0.25) is 14.6 Å². The molecule has 0 bridgehead atoms. The highest BCUT2D eigenvalue weighted by molar-refractivity contribution is 5.94. The van der Waals surface area contributed by atoms with Crippen LogP contribution in [0.2, 0.25) is 0 Å². The molecule has 4 aromatic rings. The van der Waals surface area contributed by atoms with Gasteiger partial charge in [-0.2, -0.15) is 13.2 Å². The van der Waals surface area contributed by atoms with Crippen LogP contribution in [0.1, 0.15) is 27.2 Å². The standard InChI is InChI=1S/C28H24F3N5O4/c29-28(30,31)26-20-13-18(21-5-3-19(15-33-21)27(38)36-9-11-39-12-10-36)4-6-22(20)40-23(26)16-35-25(37)8-2-17-1-7-24(32)34-14-17/h1-8,13-15H,9-12,16H2,(H2,32,34)(H,35,37)/b8-2+. The lowest BCUT2D eigenvalue weighted by atomic mass is 10.0. The number of ether oxygens (including phenoxy) is 1. The molecule has 1 aromatic carbocycles. The molecule has 0 radical (unpaired) electrons. The lowest BCUT2D eigenvalue weighted by Gasteiger charge is -2.26. The number of anilines is 1. The molecule has 9 nitrogen and oxygen atoms in total. The van der Waals surface area contributed by atoms with E-state index in [1.165, 1.54) is 36.7 Å². The molecule has 1 aliphatic heterocycles. The van der Waals surface area contributed by atoms with Gasteiger partial charge in [0.25, 0.3) is 5.91 Å². The normalized spacial score (nSPS) is 14.1. The largest absolute Gasteiger partial charge is 0.459 e. The first-order valence-corrected chi connectivity index (χ1v) is 12.3. The number of carbonyl (C=O) groups excluding carboxylic acids is 2. The van der Waals surface area contributed by atoms with Gasteiger partial charge in [-0.15, -0.1) is 0 Å². The van der Waals surface area contributed by atoms with Crippen LogP contribution in [-0.4, -0.2) is 53.0 Å². The minimum atomic E-state index is -4.74. The molecule has 40 heavy (non-hydrogen) atoms. The van der Waals surface area contributed by atoms with E-state index < -0.39 is 30.0 Å². The number of nitrogen functional groups attached to an aromatic ring is 1. The Morgan fingerprint density at radius 3 is 2.52 bits per heavy atom. The van der Waals surface area contributed by atoms with Crippen molar-refractivity contribution in [1.82, 2.24) is 20.2 Å². The van der Waals surface area contributed by atoms with Crippen molar-refractivity contribution < 1.29 is 31.9 Å². The van der Waals surface area contributed by atoms with Crippen LogP contribution < -0.4 is 11.1 Å². The van der Waals surface area contributed by atoms with Crippen LogP contribution in [0.15, 0.2) is 65.4 Å². The molecule has 0 unspecified atom stereocenters. The Morgan fingerprint density at radius 1 is 1.05 bits per heavy atom. The Hall–Kier alpha value is -4.71. The van der Waals surface area contributed by atoms with Gasteiger partial charge < -0.3 is 25.1 Å². The molecule has 3 N–H and O–H groups in total. The summed E-state index contributed by atoms with van der Waals surface area (Å²) in [5.41, 5.74) is 6.36. The highest BCUT2D eigenvalue weighted by Gasteiger charge is 2.38. The molecule has 0 spiro atoms. The fraction of sp³-hybridized carbons (Fsp3) is 0.214. The zero-order valence-corrected chi connectivity index (χ0v) is 21.1. The van der Waals surface area contributed by atoms with E-state index >= 15 is 0 Å². The molecule has 5 rings (SSSR count). The Kier molecular flexibility index (Phi) is 7.52. The van der Waals surface area contributed by atoms with Crippen LogP contribution in [-0.2, 0) is 22.3 Å². The number of hydrogen-bond donors (Lipinski definition) is 2. The number of nitrogens with zero attached hydrogens (tertiary/aromatic N) is 3. The second-order valence-electron chi connectivity index (χ2n) is 9.01. The lowest BCUT2D eigenvalue weighted by Crippen LogP contribution is -2.40. The van der Waals surface area contributed by atoms with Crippen molar-refractivity contribution in [2.24, 2.45) is 0 Å². The number of fused-ring (bicyclic) bond motifs is 1. The van der Waals surface area contributed by atoms with Crippen LogP contribution in [0.5, 0.6) is 0 Å². The monoisotopic (exact) mass is 551 g/mol. The third-order valence-electron chi connectivity index (χ3n) is 6.31. The maximum Gasteiger partial charge on any atom is 0.420 e. The summed E-state index contributed by atoms with van der Waals surface area (Å²) in [5.74, 6) is -0.892. The highest BCUT2D eigenvalue weighted by atomic mass is 19.4. The van der Waals surface area contributed by atoms with E-state index in [-0.39, 0.29) is 16.9 Å². The SMILES string of the molecule is Nc1ccc(/C=C/C(=O)NCc2oc3ccc(-c4ccc(C(=O)N5CCOCC5)cn4)cc3c2C(F)(F)F)cn1. The number of nitrogens with one attached hydrogen (secondary N) is 1. The van der Waals surface area contributed by atoms with E-state index in [0.717, 1.165) is 0 Å². The van der Waals surface area contributed by atoms with Crippen LogP contribution >= 0.6 is 0 Å². The Bertz CT molecular complexity index is 1560. The molecule has 12 heteroatoms. The molecule has 3 aromatic heterocycles. The fourth-order valence-corrected chi connectivity index (χ4v) is 4.30. The van der Waals surface area contributed by atoms with Gasteiger partial charge in [0.15, 0.2) is 0 Å². The van der Waals surface area contributed by atoms with E-state index in [4.69, 9.17) is 14.9 Å². The predicted octanol–water partition coefficient (Wildman–Crippen LogP) is 4.29. The number of amides is 2. The van der Waals surface area contributed by atoms with Crippen molar-refractivity contribution in [1.29, 1.82) is 0 Å². The van der Waals surface area contributed by atoms with Gasteiger partial charge in [0.1, 0.15) is 22.7 Å². The second kappa shape index (κ2) is 11.2. The summed E-state index contributed by atoms with van der Waals surface area (Å²) in [4.78, 5) is 34.8. The summed E-state index contributed by atoms with van der Waals surface area (Å²) in [5, 5.41) is 2.26. The van der Waals surface area contributed by atoms with Gasteiger partial charge in [-0.25, -0.2) is 4.98 Å². The van der Waals surface area contributed by atoms with Gasteiger partial charge in [0.05, 0.1) is 31.0 Å². The van der Waals surface area contributed by atoms with Crippen molar-refractivity contribution in [2.75, 3.05) is 32.0 Å². The summed E-state index contributed by atoms with van der Waals surface area (Å²) in [6, 6.07) is 10.7. The number of nitrogens with two attached hydrogens (primary N) is 1. The number of carbonyl (C=O) groups is 2. The highest BCUT2D eigenvalue weighted by Crippen LogP contribution is 2.40. The fourth-order valence-electron chi connectivity index (χ4n) is 4.30. The zero-order chi connectivity index (χ0) is 28.3. The van der Waals surface area contributed by atoms with Crippen molar-refractivity contribution in [3.63, 3.8) is 0 Å². The average Bonchev–Trinajstić information content (AvgIpc) is 3.34. The first kappa shape index (κ1) is 26.9. The maximum atomic E-state index is 14.1. The predicted molar refractivity (Wildman–Crippen MR) is 141 cm³/mol. The smallest absolute Gasteiger partial charge is 0.420 e. The summed E-state index contributed by atoms with van der Waals surface area (Å²) in [6.45, 7) is 1.42. The van der Waals surface area contributed by atoms with Gasteiger partial charge in [-0.05, 0) is 54.1 Å². The van der Waals surface area contributed by atoms with Crippen LogP contribution in [0.25, 0.3) is 28.3 Å². The van der Waals surface area contributed by atoms with Crippen LogP contribution in [0.4, 0.5) is 19.0 Å². The lowest BCUT2D eigenvalue weighted by molar-refractivity contribution is -0.137. The van der Waals surface area contributed by atoms with Crippen molar-refractivity contribution in [3.8, 4) is 11.3 Å². The van der Waals surface area contributed by atoms with Gasteiger partial charge in [-0.1, -0.05) is 0 Å². The number of morpholine rings is 1. The first-order chi connectivity index (χ1) is 19.2. The molecule has 1 saturated heterocycles. The average molecular weight is 552 g/mol. The Morgan fingerprint density at radius 2 is 1.85 bits per heavy atom. The third-order valence-corrected chi connectivity index (χ3v) is 6.31. The van der Waals surface area contributed by atoms with Crippen molar-refractivity contribution in [3.05, 3.63) is 83.4 Å². The molecule has 0 aliphatic carbocycles. The summed E-state index contributed by atoms with van der Waals surface area (Å²) in [7, 11) is 0. The molecule has 1 fully saturated rings. The molecule has 4 heterocycles. The molecule has 2 amide bonds. The molecular formula is C28H24F3N5O4. The van der Waals surface area contributed by atoms with E-state index in [9.17, 15) is 22.8 Å². The van der Waals surface area contributed by atoms with Crippen LogP contribution in [0.3, 0.4) is 0 Å². The number of aromatic nitrogens is 2. The van der Waals surface area contributed by atoms with Crippen molar-refractivity contribution >= 4 is 34.7 Å². The number of benzene rings is 1. The minimum absolute atomic E-state index is 0.0166. The quantitative estimate of drug-likeness (QED) is 0.343. The third kappa shape index (κ3) is 5.96. The van der Waals surface area contributed by atoms with E-state index in [2.05, 4.69) is 15.3 Å². The zero-order valence-electron chi connectivity index (χ0n) is 21.1. The van der Waals surface area contributed by atoms with E-state index in [1.807, 2.05) is 0 Å². The second-order valence-corrected chi connectivity index (χ2v) is 9.01. The molecular weight excluding hydrogens is 527 g/mol. The number of hydrogen-bond acceptors (Lipinski definition) is 7. The molecule has 1 aliphatic rings. The number of furan rings is 1. The molecule has 0 atom stereocenters. The van der Waals surface area contributed by atoms with Gasteiger partial charge >= 0.3 is 6.18 Å². The summed E-state index contributed by atoms with van der Waals surface area (Å²) >= 11 is 0. The minimum Gasteiger partial charge on any atom is -0.459 e. The molecule has 206 valence electrons. The Balaban J connectivity index is 1.35. The Labute approximate surface area is 226 Å². The van der Waals surface area contributed by atoms with Crippen molar-refractivity contribution in [2.45, 2.75) is 12.7 Å². The number of halogens is 3. The molecule has 0 saturated carbocycles. The number of pyridine rings is 2. The maximum absolute atomic E-state index is 14.1. The summed E-state index contributed by atoms with van der Waals surface area (Å²) < 4.78 is 53.1. The number of rotatable bonds is 6. The van der Waals surface area contributed by atoms with E-state index in [1.54, 1.807) is 35.2 Å². The van der Waals surface area contributed by atoms with Crippen LogP contribution in [0, 0.1) is 0 Å². The topological polar surface area (TPSA) is 124 Å². The van der Waals surface area contributed by atoms with Gasteiger partial charge in [0, 0.05) is 42.5 Å². The first-order valence-electron chi connectivity index (χ1n) is 12.3.